The molecule has 2 aromatic carbocycles. The van der Waals surface area contributed by atoms with Gasteiger partial charge in [0.1, 0.15) is 0 Å². The van der Waals surface area contributed by atoms with Crippen molar-refractivity contribution in [2.24, 2.45) is 0 Å². The molecule has 0 aliphatic carbocycles. The summed E-state index contributed by atoms with van der Waals surface area (Å²) in [5, 5.41) is 0. The van der Waals surface area contributed by atoms with E-state index in [4.69, 9.17) is 22.9 Å². The third-order valence-corrected chi connectivity index (χ3v) is 2.76. The van der Waals surface area contributed by atoms with E-state index < -0.39 is 0 Å². The summed E-state index contributed by atoms with van der Waals surface area (Å²) >= 11 is 0. The molecule has 0 aliphatic heterocycles. The maximum atomic E-state index is 5.93. The summed E-state index contributed by atoms with van der Waals surface area (Å²) in [5.41, 5.74) is 27.4. The maximum Gasteiger partial charge on any atom is 0.0784 e. The molecule has 0 aliphatic rings. The molecule has 0 saturated heterocycles. The van der Waals surface area contributed by atoms with E-state index in [2.05, 4.69) is 0 Å². The fourth-order valence-electron chi connectivity index (χ4n) is 1.78. The van der Waals surface area contributed by atoms with Crippen LogP contribution in [-0.4, -0.2) is 0 Å². The van der Waals surface area contributed by atoms with Crippen molar-refractivity contribution in [3.8, 4) is 0 Å². The molecule has 88 valence electrons. The standard InChI is InChI=1S/C13H16N4/c14-10-3-1-2-8(7-10)6-9-4-5-11(15)13(17)12(9)16/h1-5,7H,6,14-17H2. The van der Waals surface area contributed by atoms with Gasteiger partial charge in [-0.1, -0.05) is 18.2 Å². The van der Waals surface area contributed by atoms with Crippen molar-refractivity contribution in [1.29, 1.82) is 0 Å². The maximum absolute atomic E-state index is 5.93. The van der Waals surface area contributed by atoms with Crippen molar-refractivity contribution in [3.63, 3.8) is 0 Å². The zero-order valence-electron chi connectivity index (χ0n) is 9.48. The summed E-state index contributed by atoms with van der Waals surface area (Å²) in [6.07, 6.45) is 0.696. The topological polar surface area (TPSA) is 104 Å². The van der Waals surface area contributed by atoms with Crippen LogP contribution >= 0.6 is 0 Å². The van der Waals surface area contributed by atoms with Gasteiger partial charge in [-0.05, 0) is 35.7 Å². The summed E-state index contributed by atoms with van der Waals surface area (Å²) in [4.78, 5) is 0. The molecule has 0 atom stereocenters. The van der Waals surface area contributed by atoms with Crippen molar-refractivity contribution in [1.82, 2.24) is 0 Å². The highest BCUT2D eigenvalue weighted by atomic mass is 14.7. The summed E-state index contributed by atoms with van der Waals surface area (Å²) < 4.78 is 0. The Morgan fingerprint density at radius 1 is 0.824 bits per heavy atom. The molecular weight excluding hydrogens is 212 g/mol. The Morgan fingerprint density at radius 3 is 2.29 bits per heavy atom. The Bertz CT molecular complexity index is 549. The van der Waals surface area contributed by atoms with Gasteiger partial charge < -0.3 is 22.9 Å². The van der Waals surface area contributed by atoms with Crippen LogP contribution in [0.3, 0.4) is 0 Å². The molecule has 0 spiro atoms. The first kappa shape index (κ1) is 11.1. The number of nitrogen functional groups attached to an aromatic ring is 4. The molecule has 2 rings (SSSR count). The van der Waals surface area contributed by atoms with E-state index >= 15 is 0 Å². The molecule has 2 aromatic rings. The third-order valence-electron chi connectivity index (χ3n) is 2.76. The summed E-state index contributed by atoms with van der Waals surface area (Å²) in [5.74, 6) is 0. The monoisotopic (exact) mass is 228 g/mol. The van der Waals surface area contributed by atoms with Gasteiger partial charge in [-0.15, -0.1) is 0 Å². The zero-order valence-corrected chi connectivity index (χ0v) is 9.48. The van der Waals surface area contributed by atoms with Crippen LogP contribution in [0, 0.1) is 0 Å². The smallest absolute Gasteiger partial charge is 0.0784 e. The van der Waals surface area contributed by atoms with Crippen molar-refractivity contribution in [3.05, 3.63) is 47.5 Å². The van der Waals surface area contributed by atoms with Gasteiger partial charge in [0.15, 0.2) is 0 Å². The first-order valence-electron chi connectivity index (χ1n) is 5.34. The summed E-state index contributed by atoms with van der Waals surface area (Å²) in [7, 11) is 0. The van der Waals surface area contributed by atoms with Gasteiger partial charge in [0.05, 0.1) is 17.1 Å². The van der Waals surface area contributed by atoms with Crippen molar-refractivity contribution in [2.45, 2.75) is 6.42 Å². The lowest BCUT2D eigenvalue weighted by Crippen LogP contribution is -2.04. The van der Waals surface area contributed by atoms with Gasteiger partial charge in [0.25, 0.3) is 0 Å². The van der Waals surface area contributed by atoms with Gasteiger partial charge in [-0.25, -0.2) is 0 Å². The van der Waals surface area contributed by atoms with Crippen molar-refractivity contribution >= 4 is 22.7 Å². The second kappa shape index (κ2) is 4.25. The van der Waals surface area contributed by atoms with Crippen LogP contribution < -0.4 is 22.9 Å². The lowest BCUT2D eigenvalue weighted by molar-refractivity contribution is 1.20. The fraction of sp³-hybridized carbons (Fsp3) is 0.0769. The van der Waals surface area contributed by atoms with Gasteiger partial charge in [-0.3, -0.25) is 0 Å². The molecule has 8 N–H and O–H groups in total. The molecular formula is C13H16N4. The van der Waals surface area contributed by atoms with E-state index in [1.165, 1.54) is 0 Å². The molecule has 0 amide bonds. The summed E-state index contributed by atoms with van der Waals surface area (Å²) in [6.45, 7) is 0. The van der Waals surface area contributed by atoms with Gasteiger partial charge in [0, 0.05) is 5.69 Å². The van der Waals surface area contributed by atoms with Crippen LogP contribution in [-0.2, 0) is 6.42 Å². The molecule has 0 radical (unpaired) electrons. The average Bonchev–Trinajstić information content (AvgIpc) is 2.30. The van der Waals surface area contributed by atoms with E-state index in [0.29, 0.717) is 23.5 Å². The first-order valence-corrected chi connectivity index (χ1v) is 5.34. The Kier molecular flexibility index (Phi) is 2.78. The Balaban J connectivity index is 2.34. The molecule has 0 heterocycles. The highest BCUT2D eigenvalue weighted by Gasteiger charge is 2.06. The first-order chi connectivity index (χ1) is 8.08. The lowest BCUT2D eigenvalue weighted by atomic mass is 10.0. The number of hydrogen-bond donors (Lipinski definition) is 4. The number of anilines is 4. The average molecular weight is 228 g/mol. The molecule has 0 fully saturated rings. The normalized spacial score (nSPS) is 10.4. The minimum Gasteiger partial charge on any atom is -0.399 e. The zero-order chi connectivity index (χ0) is 12.4. The lowest BCUT2D eigenvalue weighted by Gasteiger charge is -2.10. The van der Waals surface area contributed by atoms with Crippen LogP contribution in [0.5, 0.6) is 0 Å². The molecule has 0 unspecified atom stereocenters. The second-order valence-electron chi connectivity index (χ2n) is 4.06. The quantitative estimate of drug-likeness (QED) is 0.586. The van der Waals surface area contributed by atoms with Crippen LogP contribution in [0.25, 0.3) is 0 Å². The molecule has 4 heteroatoms. The SMILES string of the molecule is Nc1cccc(Cc2ccc(N)c(N)c2N)c1. The minimum absolute atomic E-state index is 0.450. The molecule has 4 nitrogen and oxygen atoms in total. The largest absolute Gasteiger partial charge is 0.399 e. The van der Waals surface area contributed by atoms with E-state index in [0.717, 1.165) is 16.8 Å². The van der Waals surface area contributed by atoms with Crippen LogP contribution in [0.1, 0.15) is 11.1 Å². The second-order valence-corrected chi connectivity index (χ2v) is 4.06. The Morgan fingerprint density at radius 2 is 1.59 bits per heavy atom. The minimum atomic E-state index is 0.450. The molecule has 0 saturated carbocycles. The Hall–Kier alpha value is -2.36. The van der Waals surface area contributed by atoms with E-state index in [1.54, 1.807) is 6.07 Å². The molecule has 0 aromatic heterocycles. The summed E-state index contributed by atoms with van der Waals surface area (Å²) in [6, 6.07) is 11.4. The van der Waals surface area contributed by atoms with Crippen molar-refractivity contribution in [2.75, 3.05) is 22.9 Å². The third kappa shape index (κ3) is 2.25. The van der Waals surface area contributed by atoms with Gasteiger partial charge in [-0.2, -0.15) is 0 Å². The van der Waals surface area contributed by atoms with Gasteiger partial charge in [0.2, 0.25) is 0 Å². The van der Waals surface area contributed by atoms with E-state index in [1.807, 2.05) is 30.3 Å². The van der Waals surface area contributed by atoms with Crippen LogP contribution in [0.2, 0.25) is 0 Å². The number of rotatable bonds is 2. The Labute approximate surface area is 100 Å². The number of nitrogens with two attached hydrogens (primary N) is 4. The van der Waals surface area contributed by atoms with Crippen molar-refractivity contribution < 1.29 is 0 Å². The van der Waals surface area contributed by atoms with E-state index in [9.17, 15) is 0 Å². The van der Waals surface area contributed by atoms with Gasteiger partial charge >= 0.3 is 0 Å². The van der Waals surface area contributed by atoms with Crippen LogP contribution in [0.4, 0.5) is 22.7 Å². The number of benzene rings is 2. The van der Waals surface area contributed by atoms with E-state index in [-0.39, 0.29) is 0 Å². The fourth-order valence-corrected chi connectivity index (χ4v) is 1.78. The predicted molar refractivity (Wildman–Crippen MR) is 73.3 cm³/mol. The molecule has 17 heavy (non-hydrogen) atoms. The number of hydrogen-bond acceptors (Lipinski definition) is 4. The molecule has 0 bridgehead atoms. The van der Waals surface area contributed by atoms with Crippen LogP contribution in [0.15, 0.2) is 36.4 Å². The predicted octanol–water partition coefficient (Wildman–Crippen LogP) is 1.61. The highest BCUT2D eigenvalue weighted by Crippen LogP contribution is 2.28. The highest BCUT2D eigenvalue weighted by molar-refractivity contribution is 5.79.